The molecule has 290 valence electrons. The van der Waals surface area contributed by atoms with Crippen LogP contribution in [-0.2, 0) is 6.42 Å². The molecule has 2 heterocycles. The molecular weight excluding hydrogens is 764 g/mol. The standard InChI is InChI=1S/C24H22F2N4O4.C14H8F2N2O3.ClH/c1-33-20-7-3-15(4-8-20)10-19(14-31)30-22(32)18-6-9-21(34-23(25)26)17(11-18)5-2-16-12-28-24(27)29-13-16;15-14(16)21-12-4-3-11(13(19)20)5-10(12)2-1-9-6-17-8-18-7-9;/h3-4,6-9,11-13,19,23,31H,10,14H2,1H3,(H,30,32)(H2,27,28,29);3-8,14H,(H,19,20);1H. The van der Waals surface area contributed by atoms with E-state index in [2.05, 4.69) is 58.4 Å². The number of amides is 1. The predicted octanol–water partition coefficient (Wildman–Crippen LogP) is 5.00. The molecule has 56 heavy (non-hydrogen) atoms. The Hall–Kier alpha value is -6.95. The van der Waals surface area contributed by atoms with Gasteiger partial charge >= 0.3 is 19.2 Å². The number of anilines is 1. The second-order valence-electron chi connectivity index (χ2n) is 10.8. The number of carboxylic acid groups (broad SMARTS) is 1. The first-order valence-electron chi connectivity index (χ1n) is 15.8. The highest BCUT2D eigenvalue weighted by atomic mass is 35.5. The monoisotopic (exact) mass is 794 g/mol. The molecule has 0 aliphatic rings. The Morgan fingerprint density at radius 2 is 1.30 bits per heavy atom. The highest BCUT2D eigenvalue weighted by Gasteiger charge is 2.17. The summed E-state index contributed by atoms with van der Waals surface area (Å²) in [5.41, 5.74) is 7.37. The SMILES string of the molecule is COc1ccc(CC(CO)NC(=O)c2ccc(OC(F)F)c(C#Cc3cnc(N)nc3)c2)cc1.Cl.O=C(O)c1ccc(OC(F)F)c(C#Cc2cncnc2)c1. The quantitative estimate of drug-likeness (QED) is 0.104. The van der Waals surface area contributed by atoms with Gasteiger partial charge in [-0.2, -0.15) is 17.6 Å². The third kappa shape index (κ3) is 13.8. The van der Waals surface area contributed by atoms with Crippen molar-refractivity contribution in [3.8, 4) is 40.9 Å². The molecule has 13 nitrogen and oxygen atoms in total. The van der Waals surface area contributed by atoms with E-state index in [9.17, 15) is 32.3 Å². The van der Waals surface area contributed by atoms with Crippen molar-refractivity contribution in [1.82, 2.24) is 25.3 Å². The first-order valence-corrected chi connectivity index (χ1v) is 15.8. The zero-order valence-electron chi connectivity index (χ0n) is 29.0. The van der Waals surface area contributed by atoms with Crippen molar-refractivity contribution in [1.29, 1.82) is 0 Å². The molecule has 0 radical (unpaired) electrons. The molecule has 0 aliphatic heterocycles. The lowest BCUT2D eigenvalue weighted by Crippen LogP contribution is -2.39. The van der Waals surface area contributed by atoms with Crippen LogP contribution in [-0.4, -0.2) is 75.0 Å². The van der Waals surface area contributed by atoms with Crippen molar-refractivity contribution in [3.63, 3.8) is 0 Å². The van der Waals surface area contributed by atoms with E-state index in [1.54, 1.807) is 19.2 Å². The number of aliphatic hydroxyl groups excluding tert-OH is 1. The molecule has 0 fully saturated rings. The molecule has 0 aliphatic carbocycles. The molecule has 0 bridgehead atoms. The molecule has 1 amide bonds. The first-order chi connectivity index (χ1) is 26.4. The van der Waals surface area contributed by atoms with Crippen molar-refractivity contribution in [3.05, 3.63) is 131 Å². The van der Waals surface area contributed by atoms with Gasteiger partial charge in [-0.3, -0.25) is 4.79 Å². The van der Waals surface area contributed by atoms with Gasteiger partial charge in [0.05, 0.1) is 47.6 Å². The number of nitrogens with zero attached hydrogens (tertiary/aromatic N) is 4. The van der Waals surface area contributed by atoms with Crippen LogP contribution < -0.4 is 25.3 Å². The fourth-order valence-corrected chi connectivity index (χ4v) is 4.45. The van der Waals surface area contributed by atoms with Gasteiger partial charge in [0.1, 0.15) is 23.6 Å². The number of carbonyl (C=O) groups is 2. The maximum Gasteiger partial charge on any atom is 0.387 e. The zero-order valence-corrected chi connectivity index (χ0v) is 29.8. The van der Waals surface area contributed by atoms with Gasteiger partial charge in [0.25, 0.3) is 5.91 Å². The van der Waals surface area contributed by atoms with E-state index in [1.165, 1.54) is 49.3 Å². The molecule has 0 saturated carbocycles. The Morgan fingerprint density at radius 3 is 1.80 bits per heavy atom. The van der Waals surface area contributed by atoms with Crippen LogP contribution in [0, 0.1) is 23.7 Å². The van der Waals surface area contributed by atoms with Gasteiger partial charge in [-0.15, -0.1) is 12.4 Å². The average Bonchev–Trinajstić information content (AvgIpc) is 3.17. The van der Waals surface area contributed by atoms with E-state index in [0.29, 0.717) is 23.3 Å². The summed E-state index contributed by atoms with van der Waals surface area (Å²) >= 11 is 0. The number of carbonyl (C=O) groups excluding carboxylic acids is 1. The summed E-state index contributed by atoms with van der Waals surface area (Å²) in [7, 11) is 1.56. The highest BCUT2D eigenvalue weighted by molar-refractivity contribution is 5.95. The van der Waals surface area contributed by atoms with Crippen molar-refractivity contribution < 1.29 is 51.6 Å². The molecule has 0 spiro atoms. The third-order valence-corrected chi connectivity index (χ3v) is 7.01. The molecule has 0 saturated heterocycles. The van der Waals surface area contributed by atoms with Gasteiger partial charge in [-0.05, 0) is 60.5 Å². The minimum Gasteiger partial charge on any atom is -0.497 e. The number of hydrogen-bond acceptors (Lipinski definition) is 11. The molecular formula is C38H31ClF4N6O7. The van der Waals surface area contributed by atoms with Crippen LogP contribution in [0.4, 0.5) is 23.5 Å². The summed E-state index contributed by atoms with van der Waals surface area (Å²) in [6, 6.07) is 14.0. The van der Waals surface area contributed by atoms with Gasteiger partial charge in [-0.1, -0.05) is 35.8 Å². The van der Waals surface area contributed by atoms with E-state index in [-0.39, 0.29) is 58.7 Å². The fraction of sp³-hybridized carbons (Fsp3) is 0.158. The van der Waals surface area contributed by atoms with Crippen molar-refractivity contribution >= 4 is 30.2 Å². The minimum atomic E-state index is -3.07. The number of benzene rings is 3. The van der Waals surface area contributed by atoms with Crippen LogP contribution in [0.1, 0.15) is 48.5 Å². The van der Waals surface area contributed by atoms with Crippen LogP contribution >= 0.6 is 12.4 Å². The molecule has 1 atom stereocenters. The summed E-state index contributed by atoms with van der Waals surface area (Å²) in [4.78, 5) is 38.8. The van der Waals surface area contributed by atoms with Gasteiger partial charge in [-0.25, -0.2) is 24.7 Å². The van der Waals surface area contributed by atoms with Crippen molar-refractivity contribution in [2.75, 3.05) is 19.5 Å². The lowest BCUT2D eigenvalue weighted by atomic mass is 10.0. The second kappa shape index (κ2) is 21.7. The van der Waals surface area contributed by atoms with Crippen molar-refractivity contribution in [2.24, 2.45) is 0 Å². The maximum absolute atomic E-state index is 12.8. The van der Waals surface area contributed by atoms with Gasteiger partial charge < -0.3 is 35.5 Å². The van der Waals surface area contributed by atoms with E-state index in [0.717, 1.165) is 23.8 Å². The minimum absolute atomic E-state index is 0. The van der Waals surface area contributed by atoms with E-state index in [1.807, 2.05) is 12.1 Å². The summed E-state index contributed by atoms with van der Waals surface area (Å²) in [6.07, 6.45) is 7.34. The number of aromatic nitrogens is 4. The van der Waals surface area contributed by atoms with Crippen LogP contribution in [0.2, 0.25) is 0 Å². The fourth-order valence-electron chi connectivity index (χ4n) is 4.45. The number of nitrogens with two attached hydrogens (primary N) is 1. The van der Waals surface area contributed by atoms with Gasteiger partial charge in [0.15, 0.2) is 0 Å². The van der Waals surface area contributed by atoms with E-state index < -0.39 is 31.1 Å². The summed E-state index contributed by atoms with van der Waals surface area (Å²) < 4.78 is 64.2. The Bertz CT molecular complexity index is 2200. The normalized spacial score (nSPS) is 10.6. The molecule has 2 aromatic heterocycles. The molecule has 5 aromatic rings. The van der Waals surface area contributed by atoms with Crippen LogP contribution in [0.3, 0.4) is 0 Å². The average molecular weight is 795 g/mol. The Balaban J connectivity index is 0.000000328. The second-order valence-corrected chi connectivity index (χ2v) is 10.8. The number of halogens is 5. The van der Waals surface area contributed by atoms with E-state index in [4.69, 9.17) is 15.6 Å². The Morgan fingerprint density at radius 1 is 0.786 bits per heavy atom. The number of methoxy groups -OCH3 is 1. The number of rotatable bonds is 11. The van der Waals surface area contributed by atoms with Gasteiger partial charge in [0, 0.05) is 30.4 Å². The number of alkyl halides is 4. The van der Waals surface area contributed by atoms with Crippen LogP contribution in [0.5, 0.6) is 17.2 Å². The molecule has 1 unspecified atom stereocenters. The highest BCUT2D eigenvalue weighted by Crippen LogP contribution is 2.23. The number of aromatic carboxylic acids is 1. The maximum atomic E-state index is 12.8. The van der Waals surface area contributed by atoms with E-state index >= 15 is 0 Å². The van der Waals surface area contributed by atoms with Crippen molar-refractivity contribution in [2.45, 2.75) is 25.7 Å². The first kappa shape index (κ1) is 43.5. The number of nitrogen functional groups attached to an aromatic ring is 1. The summed E-state index contributed by atoms with van der Waals surface area (Å²) in [5.74, 6) is 9.33. The van der Waals surface area contributed by atoms with Gasteiger partial charge in [0.2, 0.25) is 5.95 Å². The summed E-state index contributed by atoms with van der Waals surface area (Å²) in [5, 5.41) is 21.4. The number of carboxylic acids is 1. The van der Waals surface area contributed by atoms with Crippen LogP contribution in [0.25, 0.3) is 0 Å². The zero-order chi connectivity index (χ0) is 39.7. The number of aliphatic hydroxyl groups is 1. The largest absolute Gasteiger partial charge is 0.497 e. The number of hydrogen-bond donors (Lipinski definition) is 4. The lowest BCUT2D eigenvalue weighted by molar-refractivity contribution is -0.0507. The lowest BCUT2D eigenvalue weighted by Gasteiger charge is -2.17. The molecule has 18 heteroatoms. The number of nitrogens with one attached hydrogen (secondary N) is 1. The molecule has 5 N–H and O–H groups in total. The Kier molecular flexibility index (Phi) is 16.8. The number of ether oxygens (including phenoxy) is 3. The van der Waals surface area contributed by atoms with Crippen LogP contribution in [0.15, 0.2) is 91.8 Å². The smallest absolute Gasteiger partial charge is 0.387 e. The topological polar surface area (TPSA) is 192 Å². The molecule has 3 aromatic carbocycles. The Labute approximate surface area is 323 Å². The third-order valence-electron chi connectivity index (χ3n) is 7.01. The predicted molar refractivity (Wildman–Crippen MR) is 196 cm³/mol. The summed E-state index contributed by atoms with van der Waals surface area (Å²) in [6.45, 7) is -6.39. The molecule has 5 rings (SSSR count).